The molecule has 1 aromatic rings. The van der Waals surface area contributed by atoms with E-state index in [4.69, 9.17) is 5.11 Å². The maximum Gasteiger partial charge on any atom is 0.390 e. The van der Waals surface area contributed by atoms with Crippen LogP contribution in [0.1, 0.15) is 37.3 Å². The Kier molecular flexibility index (Phi) is 6.87. The van der Waals surface area contributed by atoms with Gasteiger partial charge in [-0.25, -0.2) is 0 Å². The molecule has 0 bridgehead atoms. The first-order valence-corrected chi connectivity index (χ1v) is 6.49. The Labute approximate surface area is 111 Å². The van der Waals surface area contributed by atoms with Crippen LogP contribution in [-0.4, -0.2) is 24.4 Å². The molecule has 19 heavy (non-hydrogen) atoms. The number of benzene rings is 1. The highest BCUT2D eigenvalue weighted by atomic mass is 19.4. The van der Waals surface area contributed by atoms with Gasteiger partial charge in [0, 0.05) is 12.6 Å². The predicted octanol–water partition coefficient (Wildman–Crippen LogP) is 3.43. The maximum absolute atomic E-state index is 12.5. The molecule has 0 aliphatic carbocycles. The highest BCUT2D eigenvalue weighted by Crippen LogP contribution is 2.29. The molecule has 0 aromatic heterocycles. The number of halogens is 3. The standard InChI is InChI=1S/C14H20F3NO/c15-14(16,17)11-13(12-7-3-1-4-8-12)18-9-5-2-6-10-19/h1,3-4,7-8,13,18-19H,2,5-6,9-11H2. The normalized spacial score (nSPS) is 13.5. The molecular weight excluding hydrogens is 255 g/mol. The van der Waals surface area contributed by atoms with Gasteiger partial charge in [-0.2, -0.15) is 13.2 Å². The second kappa shape index (κ2) is 8.17. The first-order chi connectivity index (χ1) is 9.03. The van der Waals surface area contributed by atoms with Crippen molar-refractivity contribution in [1.82, 2.24) is 5.32 Å². The van der Waals surface area contributed by atoms with E-state index in [1.807, 2.05) is 0 Å². The van der Waals surface area contributed by atoms with Crippen LogP contribution in [0.4, 0.5) is 13.2 Å². The number of unbranched alkanes of at least 4 members (excludes halogenated alkanes) is 2. The third-order valence-electron chi connectivity index (χ3n) is 2.86. The summed E-state index contributed by atoms with van der Waals surface area (Å²) in [6, 6.07) is 7.98. The summed E-state index contributed by atoms with van der Waals surface area (Å²) in [4.78, 5) is 0. The van der Waals surface area contributed by atoms with E-state index in [1.54, 1.807) is 30.3 Å². The van der Waals surface area contributed by atoms with Crippen molar-refractivity contribution in [1.29, 1.82) is 0 Å². The van der Waals surface area contributed by atoms with Gasteiger partial charge in [0.25, 0.3) is 0 Å². The zero-order valence-electron chi connectivity index (χ0n) is 10.8. The summed E-state index contributed by atoms with van der Waals surface area (Å²) in [5, 5.41) is 11.6. The minimum Gasteiger partial charge on any atom is -0.396 e. The minimum absolute atomic E-state index is 0.130. The van der Waals surface area contributed by atoms with Crippen molar-refractivity contribution in [3.05, 3.63) is 35.9 Å². The number of nitrogens with one attached hydrogen (secondary N) is 1. The van der Waals surface area contributed by atoms with Crippen LogP contribution in [0.2, 0.25) is 0 Å². The molecule has 108 valence electrons. The summed E-state index contributed by atoms with van der Waals surface area (Å²) in [6.07, 6.45) is -2.77. The topological polar surface area (TPSA) is 32.3 Å². The summed E-state index contributed by atoms with van der Waals surface area (Å²) in [7, 11) is 0. The van der Waals surface area contributed by atoms with E-state index in [0.717, 1.165) is 12.8 Å². The molecule has 5 heteroatoms. The van der Waals surface area contributed by atoms with Crippen LogP contribution in [-0.2, 0) is 0 Å². The van der Waals surface area contributed by atoms with Gasteiger partial charge in [0.1, 0.15) is 0 Å². The van der Waals surface area contributed by atoms with Crippen molar-refractivity contribution >= 4 is 0 Å². The molecule has 1 unspecified atom stereocenters. The second-order valence-corrected chi connectivity index (χ2v) is 4.52. The van der Waals surface area contributed by atoms with E-state index in [0.29, 0.717) is 18.5 Å². The molecule has 1 aromatic carbocycles. The average molecular weight is 275 g/mol. The molecule has 0 heterocycles. The molecule has 0 radical (unpaired) electrons. The number of hydrogen-bond donors (Lipinski definition) is 2. The van der Waals surface area contributed by atoms with Gasteiger partial charge in [-0.05, 0) is 31.4 Å². The molecular formula is C14H20F3NO. The summed E-state index contributed by atoms with van der Waals surface area (Å²) < 4.78 is 37.6. The molecule has 0 amide bonds. The zero-order chi connectivity index (χ0) is 14.1. The van der Waals surface area contributed by atoms with E-state index < -0.39 is 18.6 Å². The lowest BCUT2D eigenvalue weighted by Gasteiger charge is -2.20. The van der Waals surface area contributed by atoms with E-state index in [9.17, 15) is 13.2 Å². The van der Waals surface area contributed by atoms with Crippen molar-refractivity contribution in [2.75, 3.05) is 13.2 Å². The number of rotatable bonds is 8. The number of aliphatic hydroxyl groups is 1. The lowest BCUT2D eigenvalue weighted by molar-refractivity contribution is -0.140. The second-order valence-electron chi connectivity index (χ2n) is 4.52. The SMILES string of the molecule is OCCCCCNC(CC(F)(F)F)c1ccccc1. The van der Waals surface area contributed by atoms with Gasteiger partial charge in [0.15, 0.2) is 0 Å². The van der Waals surface area contributed by atoms with Gasteiger partial charge >= 0.3 is 6.18 Å². The van der Waals surface area contributed by atoms with E-state index in [-0.39, 0.29) is 6.61 Å². The van der Waals surface area contributed by atoms with Crippen molar-refractivity contribution in [2.45, 2.75) is 37.9 Å². The van der Waals surface area contributed by atoms with Crippen LogP contribution in [0.15, 0.2) is 30.3 Å². The van der Waals surface area contributed by atoms with Gasteiger partial charge in [-0.15, -0.1) is 0 Å². The van der Waals surface area contributed by atoms with Gasteiger partial charge in [-0.1, -0.05) is 30.3 Å². The summed E-state index contributed by atoms with van der Waals surface area (Å²) in [5.41, 5.74) is 0.655. The van der Waals surface area contributed by atoms with E-state index in [1.165, 1.54) is 0 Å². The monoisotopic (exact) mass is 275 g/mol. The Morgan fingerprint density at radius 3 is 2.32 bits per heavy atom. The van der Waals surface area contributed by atoms with E-state index in [2.05, 4.69) is 5.32 Å². The van der Waals surface area contributed by atoms with Crippen LogP contribution in [0.3, 0.4) is 0 Å². The lowest BCUT2D eigenvalue weighted by Crippen LogP contribution is -2.27. The first kappa shape index (κ1) is 16.0. The van der Waals surface area contributed by atoms with Crippen molar-refractivity contribution in [2.24, 2.45) is 0 Å². The molecule has 0 saturated heterocycles. The smallest absolute Gasteiger partial charge is 0.390 e. The molecule has 1 atom stereocenters. The minimum atomic E-state index is -4.18. The number of hydrogen-bond acceptors (Lipinski definition) is 2. The predicted molar refractivity (Wildman–Crippen MR) is 68.8 cm³/mol. The highest BCUT2D eigenvalue weighted by molar-refractivity contribution is 5.19. The molecule has 1 rings (SSSR count). The first-order valence-electron chi connectivity index (χ1n) is 6.49. The fraction of sp³-hybridized carbons (Fsp3) is 0.571. The van der Waals surface area contributed by atoms with Crippen molar-refractivity contribution in [3.8, 4) is 0 Å². The third-order valence-corrected chi connectivity index (χ3v) is 2.86. The Morgan fingerprint density at radius 1 is 1.05 bits per heavy atom. The lowest BCUT2D eigenvalue weighted by atomic mass is 10.0. The number of aliphatic hydroxyl groups excluding tert-OH is 1. The quantitative estimate of drug-likeness (QED) is 0.712. The van der Waals surface area contributed by atoms with Gasteiger partial charge in [0.2, 0.25) is 0 Å². The Bertz CT molecular complexity index is 340. The Hall–Kier alpha value is -1.07. The number of alkyl halides is 3. The van der Waals surface area contributed by atoms with Gasteiger partial charge in [-0.3, -0.25) is 0 Å². The molecule has 0 spiro atoms. The largest absolute Gasteiger partial charge is 0.396 e. The third kappa shape index (κ3) is 7.18. The summed E-state index contributed by atoms with van der Waals surface area (Å²) >= 11 is 0. The summed E-state index contributed by atoms with van der Waals surface area (Å²) in [6.45, 7) is 0.653. The van der Waals surface area contributed by atoms with Crippen LogP contribution in [0, 0.1) is 0 Å². The van der Waals surface area contributed by atoms with Crippen LogP contribution in [0.5, 0.6) is 0 Å². The van der Waals surface area contributed by atoms with Crippen LogP contribution >= 0.6 is 0 Å². The summed E-state index contributed by atoms with van der Waals surface area (Å²) in [5.74, 6) is 0. The molecule has 2 N–H and O–H groups in total. The fourth-order valence-corrected chi connectivity index (χ4v) is 1.91. The molecule has 0 fully saturated rings. The van der Waals surface area contributed by atoms with E-state index >= 15 is 0 Å². The molecule has 0 saturated carbocycles. The van der Waals surface area contributed by atoms with Gasteiger partial charge < -0.3 is 10.4 Å². The van der Waals surface area contributed by atoms with Crippen molar-refractivity contribution in [3.63, 3.8) is 0 Å². The molecule has 2 nitrogen and oxygen atoms in total. The maximum atomic E-state index is 12.5. The Balaban J connectivity index is 2.51. The zero-order valence-corrected chi connectivity index (χ0v) is 10.8. The fourth-order valence-electron chi connectivity index (χ4n) is 1.91. The van der Waals surface area contributed by atoms with Crippen LogP contribution < -0.4 is 5.32 Å². The highest BCUT2D eigenvalue weighted by Gasteiger charge is 2.32. The average Bonchev–Trinajstić information content (AvgIpc) is 2.37. The van der Waals surface area contributed by atoms with Crippen molar-refractivity contribution < 1.29 is 18.3 Å². The van der Waals surface area contributed by atoms with Gasteiger partial charge in [0.05, 0.1) is 6.42 Å². The Morgan fingerprint density at radius 2 is 1.74 bits per heavy atom. The van der Waals surface area contributed by atoms with Crippen LogP contribution in [0.25, 0.3) is 0 Å². The molecule has 0 aliphatic rings. The molecule has 0 aliphatic heterocycles.